The molecule has 0 saturated heterocycles. The molecule has 1 aromatic carbocycles. The first-order valence-corrected chi connectivity index (χ1v) is 7.19. The van der Waals surface area contributed by atoms with E-state index >= 15 is 0 Å². The van der Waals surface area contributed by atoms with E-state index in [1.807, 2.05) is 18.2 Å². The zero-order valence-electron chi connectivity index (χ0n) is 9.06. The van der Waals surface area contributed by atoms with Gasteiger partial charge in [0.1, 0.15) is 0 Å². The van der Waals surface area contributed by atoms with Crippen LogP contribution in [0.15, 0.2) is 52.5 Å². The Morgan fingerprint density at radius 2 is 2.06 bits per heavy atom. The van der Waals surface area contributed by atoms with Gasteiger partial charge in [0.25, 0.3) is 0 Å². The Morgan fingerprint density at radius 1 is 1.25 bits per heavy atom. The number of benzene rings is 1. The van der Waals surface area contributed by atoms with E-state index < -0.39 is 0 Å². The molecule has 82 valence electrons. The van der Waals surface area contributed by atoms with Crippen LogP contribution in [-0.2, 0) is 4.79 Å². The molecule has 0 N–H and O–H groups in total. The van der Waals surface area contributed by atoms with E-state index in [0.29, 0.717) is 0 Å². The van der Waals surface area contributed by atoms with E-state index in [4.69, 9.17) is 0 Å². The van der Waals surface area contributed by atoms with Crippen molar-refractivity contribution < 1.29 is 4.79 Å². The van der Waals surface area contributed by atoms with E-state index in [1.54, 1.807) is 0 Å². The van der Waals surface area contributed by atoms with Gasteiger partial charge in [-0.1, -0.05) is 0 Å². The van der Waals surface area contributed by atoms with Crippen LogP contribution in [0.1, 0.15) is 19.3 Å². The molecule has 0 saturated carbocycles. The van der Waals surface area contributed by atoms with Gasteiger partial charge in [-0.2, -0.15) is 0 Å². The summed E-state index contributed by atoms with van der Waals surface area (Å²) in [6.45, 7) is 0. The number of aldehydes is 1. The number of allylic oxidation sites excluding steroid dienone is 4. The molecular formula is C14H14OSe. The van der Waals surface area contributed by atoms with Gasteiger partial charge >= 0.3 is 102 Å². The zero-order valence-corrected chi connectivity index (χ0v) is 10.8. The average Bonchev–Trinajstić information content (AvgIpc) is 2.38. The number of carbonyl (C=O) groups is 1. The van der Waals surface area contributed by atoms with E-state index in [0.717, 1.165) is 23.6 Å². The topological polar surface area (TPSA) is 17.1 Å². The van der Waals surface area contributed by atoms with Crippen molar-refractivity contribution in [3.05, 3.63) is 52.5 Å². The molecule has 0 radical (unpaired) electrons. The van der Waals surface area contributed by atoms with Crippen LogP contribution >= 0.6 is 0 Å². The maximum absolute atomic E-state index is 11.1. The summed E-state index contributed by atoms with van der Waals surface area (Å²) < 4.78 is 2.26. The van der Waals surface area contributed by atoms with Gasteiger partial charge in [0, 0.05) is 0 Å². The number of hydrogen-bond donors (Lipinski definition) is 0. The van der Waals surface area contributed by atoms with Crippen molar-refractivity contribution in [1.82, 2.24) is 0 Å². The number of carbonyl (C=O) groups excluding carboxylic acids is 1. The first-order valence-electron chi connectivity index (χ1n) is 5.48. The first kappa shape index (κ1) is 11.4. The Kier molecular flexibility index (Phi) is 4.15. The van der Waals surface area contributed by atoms with Crippen LogP contribution < -0.4 is 4.46 Å². The summed E-state index contributed by atoms with van der Waals surface area (Å²) in [7, 11) is 0. The van der Waals surface area contributed by atoms with Gasteiger partial charge in [-0.3, -0.25) is 0 Å². The number of rotatable bonds is 3. The summed E-state index contributed by atoms with van der Waals surface area (Å²) in [5.74, 6) is 0. The molecular weight excluding hydrogens is 263 g/mol. The fraction of sp³-hybridized carbons (Fsp3) is 0.214. The van der Waals surface area contributed by atoms with Crippen molar-refractivity contribution in [2.45, 2.75) is 19.3 Å². The third-order valence-electron chi connectivity index (χ3n) is 2.53. The SMILES string of the molecule is O=C/C([Se]c1ccccc1)=C1\C=CCCC1. The van der Waals surface area contributed by atoms with Gasteiger partial charge in [0.2, 0.25) is 0 Å². The predicted molar refractivity (Wildman–Crippen MR) is 67.9 cm³/mol. The summed E-state index contributed by atoms with van der Waals surface area (Å²) in [5, 5.41) is 0. The quantitative estimate of drug-likeness (QED) is 0.470. The number of hydrogen-bond acceptors (Lipinski definition) is 1. The fourth-order valence-electron chi connectivity index (χ4n) is 1.71. The van der Waals surface area contributed by atoms with Gasteiger partial charge in [-0.05, 0) is 0 Å². The van der Waals surface area contributed by atoms with E-state index in [2.05, 4.69) is 24.3 Å². The molecule has 1 aliphatic carbocycles. The van der Waals surface area contributed by atoms with Crippen molar-refractivity contribution in [2.75, 3.05) is 0 Å². The molecule has 1 aromatic rings. The van der Waals surface area contributed by atoms with Crippen LogP contribution in [0, 0.1) is 0 Å². The molecule has 0 bridgehead atoms. The van der Waals surface area contributed by atoms with E-state index in [-0.39, 0.29) is 15.0 Å². The monoisotopic (exact) mass is 278 g/mol. The molecule has 0 fully saturated rings. The molecule has 16 heavy (non-hydrogen) atoms. The van der Waals surface area contributed by atoms with Crippen molar-refractivity contribution in [1.29, 1.82) is 0 Å². The van der Waals surface area contributed by atoms with Crippen LogP contribution in [0.2, 0.25) is 0 Å². The molecule has 0 spiro atoms. The van der Waals surface area contributed by atoms with Crippen LogP contribution in [0.5, 0.6) is 0 Å². The second kappa shape index (κ2) is 5.83. The Hall–Kier alpha value is -1.11. The summed E-state index contributed by atoms with van der Waals surface area (Å²) in [5.41, 5.74) is 1.24. The van der Waals surface area contributed by atoms with Gasteiger partial charge in [0.05, 0.1) is 0 Å². The Labute approximate surface area is 102 Å². The first-order chi connectivity index (χ1) is 7.90. The average molecular weight is 277 g/mol. The van der Waals surface area contributed by atoms with Gasteiger partial charge < -0.3 is 0 Å². The van der Waals surface area contributed by atoms with Gasteiger partial charge in [-0.25, -0.2) is 0 Å². The minimum atomic E-state index is 0.153. The summed E-state index contributed by atoms with van der Waals surface area (Å²) in [4.78, 5) is 11.1. The van der Waals surface area contributed by atoms with Crippen molar-refractivity contribution in [3.63, 3.8) is 0 Å². The molecule has 0 heterocycles. The molecule has 2 heteroatoms. The fourth-order valence-corrected chi connectivity index (χ4v) is 3.59. The van der Waals surface area contributed by atoms with Crippen molar-refractivity contribution >= 4 is 25.7 Å². The third-order valence-corrected chi connectivity index (χ3v) is 4.81. The maximum atomic E-state index is 11.1. The van der Waals surface area contributed by atoms with Crippen LogP contribution in [0.25, 0.3) is 0 Å². The molecule has 1 aliphatic rings. The van der Waals surface area contributed by atoms with Gasteiger partial charge in [-0.15, -0.1) is 0 Å². The van der Waals surface area contributed by atoms with Crippen LogP contribution in [0.4, 0.5) is 0 Å². The second-order valence-corrected chi connectivity index (χ2v) is 6.06. The Balaban J connectivity index is 2.20. The van der Waals surface area contributed by atoms with Crippen LogP contribution in [0.3, 0.4) is 0 Å². The summed E-state index contributed by atoms with van der Waals surface area (Å²) >= 11 is 0.153. The van der Waals surface area contributed by atoms with Crippen LogP contribution in [-0.4, -0.2) is 21.2 Å². The second-order valence-electron chi connectivity index (χ2n) is 3.72. The molecule has 0 unspecified atom stereocenters. The molecule has 0 aliphatic heterocycles. The minimum absolute atomic E-state index is 0.153. The van der Waals surface area contributed by atoms with Crippen molar-refractivity contribution in [3.8, 4) is 0 Å². The van der Waals surface area contributed by atoms with Crippen molar-refractivity contribution in [2.24, 2.45) is 0 Å². The standard InChI is InChI=1S/C14H14OSe/c15-11-14(12-7-3-1-4-8-12)16-13-9-5-2-6-10-13/h2-3,5-7,9-11H,1,4,8H2/b14-12-. The Bertz CT molecular complexity index is 418. The summed E-state index contributed by atoms with van der Waals surface area (Å²) in [6.07, 6.45) is 8.71. The zero-order chi connectivity index (χ0) is 11.2. The van der Waals surface area contributed by atoms with E-state index in [9.17, 15) is 4.79 Å². The molecule has 0 atom stereocenters. The predicted octanol–water partition coefficient (Wildman–Crippen LogP) is 2.21. The molecule has 1 nitrogen and oxygen atoms in total. The molecule has 2 rings (SSSR count). The molecule has 0 amide bonds. The normalized spacial score (nSPS) is 18.2. The third kappa shape index (κ3) is 2.94. The Morgan fingerprint density at radius 3 is 2.69 bits per heavy atom. The summed E-state index contributed by atoms with van der Waals surface area (Å²) in [6, 6.07) is 10.3. The van der Waals surface area contributed by atoms with E-state index in [1.165, 1.54) is 16.5 Å². The van der Waals surface area contributed by atoms with Gasteiger partial charge in [0.15, 0.2) is 0 Å². The molecule has 0 aromatic heterocycles.